The van der Waals surface area contributed by atoms with Crippen LogP contribution in [0.2, 0.25) is 4.34 Å². The van der Waals surface area contributed by atoms with Crippen LogP contribution in [-0.4, -0.2) is 21.3 Å². The summed E-state index contributed by atoms with van der Waals surface area (Å²) in [7, 11) is 5.29. The lowest BCUT2D eigenvalue weighted by Crippen LogP contribution is -2.19. The van der Waals surface area contributed by atoms with Crippen LogP contribution in [0.5, 0.6) is 11.5 Å². The lowest BCUT2D eigenvalue weighted by atomic mass is 10.0. The number of rotatable bonds is 6. The third-order valence-corrected chi connectivity index (χ3v) is 4.45. The summed E-state index contributed by atoms with van der Waals surface area (Å²) < 4.78 is 11.6. The second kappa shape index (κ2) is 6.97. The molecular formula is C15H18ClNO2S. The topological polar surface area (TPSA) is 30.5 Å². The maximum absolute atomic E-state index is 5.99. The fourth-order valence-electron chi connectivity index (χ4n) is 2.14. The Kier molecular flexibility index (Phi) is 5.29. The molecule has 0 aliphatic rings. The maximum Gasteiger partial charge on any atom is 0.123 e. The van der Waals surface area contributed by atoms with Crippen LogP contribution in [0.3, 0.4) is 0 Å². The number of hydrogen-bond acceptors (Lipinski definition) is 4. The molecule has 1 N–H and O–H groups in total. The Morgan fingerprint density at radius 1 is 1.20 bits per heavy atom. The Hall–Kier alpha value is -1.23. The molecule has 0 fully saturated rings. The predicted octanol–water partition coefficient (Wildman–Crippen LogP) is 3.92. The zero-order chi connectivity index (χ0) is 14.5. The van der Waals surface area contributed by atoms with Crippen LogP contribution in [0.25, 0.3) is 0 Å². The van der Waals surface area contributed by atoms with Crippen molar-refractivity contribution in [2.24, 2.45) is 0 Å². The van der Waals surface area contributed by atoms with Gasteiger partial charge < -0.3 is 14.8 Å². The summed E-state index contributed by atoms with van der Waals surface area (Å²) in [6, 6.07) is 9.97. The largest absolute Gasteiger partial charge is 0.497 e. The average molecular weight is 312 g/mol. The van der Waals surface area contributed by atoms with Crippen molar-refractivity contribution in [3.8, 4) is 11.5 Å². The molecule has 1 aromatic heterocycles. The number of halogens is 1. The molecule has 1 heterocycles. The van der Waals surface area contributed by atoms with Gasteiger partial charge in [-0.3, -0.25) is 0 Å². The molecule has 0 radical (unpaired) electrons. The first-order chi connectivity index (χ1) is 9.67. The van der Waals surface area contributed by atoms with Gasteiger partial charge in [0.15, 0.2) is 0 Å². The standard InChI is InChI=1S/C15H18ClNO2S/c1-17-13(9-11-5-7-15(16)20-11)12-8-10(18-2)4-6-14(12)19-3/h4-8,13,17H,9H2,1-3H3. The number of ether oxygens (including phenoxy) is 2. The van der Waals surface area contributed by atoms with Crippen LogP contribution in [-0.2, 0) is 6.42 Å². The molecule has 3 nitrogen and oxygen atoms in total. The van der Waals surface area contributed by atoms with E-state index < -0.39 is 0 Å². The second-order valence-corrected chi connectivity index (χ2v) is 6.16. The van der Waals surface area contributed by atoms with E-state index >= 15 is 0 Å². The Bertz CT molecular complexity index is 571. The fourth-order valence-corrected chi connectivity index (χ4v) is 3.27. The molecule has 5 heteroatoms. The highest BCUT2D eigenvalue weighted by molar-refractivity contribution is 7.16. The van der Waals surface area contributed by atoms with Gasteiger partial charge in [-0.2, -0.15) is 0 Å². The van der Waals surface area contributed by atoms with Gasteiger partial charge in [0.25, 0.3) is 0 Å². The minimum atomic E-state index is 0.148. The maximum atomic E-state index is 5.99. The fraction of sp³-hybridized carbons (Fsp3) is 0.333. The lowest BCUT2D eigenvalue weighted by Gasteiger charge is -2.19. The molecule has 1 unspecified atom stereocenters. The molecule has 2 rings (SSSR count). The van der Waals surface area contributed by atoms with Crippen molar-refractivity contribution in [2.75, 3.05) is 21.3 Å². The third kappa shape index (κ3) is 3.45. The Morgan fingerprint density at radius 2 is 2.00 bits per heavy atom. The zero-order valence-corrected chi connectivity index (χ0v) is 13.3. The van der Waals surface area contributed by atoms with Crippen molar-refractivity contribution < 1.29 is 9.47 Å². The van der Waals surface area contributed by atoms with Crippen LogP contribution in [0, 0.1) is 0 Å². The van der Waals surface area contributed by atoms with Gasteiger partial charge >= 0.3 is 0 Å². The first kappa shape index (κ1) is 15.2. The average Bonchev–Trinajstić information content (AvgIpc) is 2.89. The molecule has 0 saturated heterocycles. The van der Waals surface area contributed by atoms with Crippen LogP contribution in [0.1, 0.15) is 16.5 Å². The van der Waals surface area contributed by atoms with E-state index in [-0.39, 0.29) is 6.04 Å². The van der Waals surface area contributed by atoms with Gasteiger partial charge in [0.1, 0.15) is 11.5 Å². The van der Waals surface area contributed by atoms with Crippen LogP contribution in [0.4, 0.5) is 0 Å². The third-order valence-electron chi connectivity index (χ3n) is 3.19. The van der Waals surface area contributed by atoms with E-state index in [1.807, 2.05) is 31.3 Å². The van der Waals surface area contributed by atoms with Gasteiger partial charge in [-0.05, 0) is 37.4 Å². The van der Waals surface area contributed by atoms with Gasteiger partial charge in [0.2, 0.25) is 0 Å². The molecule has 0 bridgehead atoms. The summed E-state index contributed by atoms with van der Waals surface area (Å²) in [5.41, 5.74) is 1.08. The van der Waals surface area contributed by atoms with Crippen molar-refractivity contribution in [3.05, 3.63) is 45.1 Å². The van der Waals surface area contributed by atoms with E-state index in [1.54, 1.807) is 25.6 Å². The molecular weight excluding hydrogens is 294 g/mol. The quantitative estimate of drug-likeness (QED) is 0.877. The molecule has 2 aromatic rings. The number of nitrogens with one attached hydrogen (secondary N) is 1. The number of methoxy groups -OCH3 is 2. The van der Waals surface area contributed by atoms with E-state index in [1.165, 1.54) is 4.88 Å². The van der Waals surface area contributed by atoms with E-state index in [0.717, 1.165) is 27.8 Å². The summed E-state index contributed by atoms with van der Waals surface area (Å²) in [5, 5.41) is 3.33. The summed E-state index contributed by atoms with van der Waals surface area (Å²) in [5.74, 6) is 1.68. The lowest BCUT2D eigenvalue weighted by molar-refractivity contribution is 0.391. The molecule has 1 aromatic carbocycles. The Morgan fingerprint density at radius 3 is 2.55 bits per heavy atom. The molecule has 0 amide bonds. The van der Waals surface area contributed by atoms with Crippen LogP contribution < -0.4 is 14.8 Å². The van der Waals surface area contributed by atoms with Crippen molar-refractivity contribution in [3.63, 3.8) is 0 Å². The summed E-state index contributed by atoms with van der Waals surface area (Å²) in [6.07, 6.45) is 0.859. The van der Waals surface area contributed by atoms with Crippen molar-refractivity contribution in [1.82, 2.24) is 5.32 Å². The monoisotopic (exact) mass is 311 g/mol. The van der Waals surface area contributed by atoms with Crippen molar-refractivity contribution in [2.45, 2.75) is 12.5 Å². The minimum absolute atomic E-state index is 0.148. The Labute approximate surface area is 128 Å². The van der Waals surface area contributed by atoms with Crippen molar-refractivity contribution >= 4 is 22.9 Å². The predicted molar refractivity (Wildman–Crippen MR) is 84.4 cm³/mol. The smallest absolute Gasteiger partial charge is 0.123 e. The number of benzene rings is 1. The molecule has 108 valence electrons. The van der Waals surface area contributed by atoms with Gasteiger partial charge in [0, 0.05) is 22.9 Å². The molecule has 20 heavy (non-hydrogen) atoms. The first-order valence-corrected chi connectivity index (χ1v) is 7.50. The van der Waals surface area contributed by atoms with Crippen LogP contribution >= 0.6 is 22.9 Å². The first-order valence-electron chi connectivity index (χ1n) is 6.31. The van der Waals surface area contributed by atoms with E-state index in [2.05, 4.69) is 11.4 Å². The van der Waals surface area contributed by atoms with Crippen LogP contribution in [0.15, 0.2) is 30.3 Å². The molecule has 1 atom stereocenters. The van der Waals surface area contributed by atoms with E-state index in [4.69, 9.17) is 21.1 Å². The number of thiophene rings is 1. The SMILES string of the molecule is CNC(Cc1ccc(Cl)s1)c1cc(OC)ccc1OC. The highest BCUT2D eigenvalue weighted by Crippen LogP contribution is 2.33. The summed E-state index contributed by atoms with van der Waals surface area (Å²) in [6.45, 7) is 0. The molecule has 0 saturated carbocycles. The zero-order valence-electron chi connectivity index (χ0n) is 11.8. The molecule has 0 spiro atoms. The van der Waals surface area contributed by atoms with Gasteiger partial charge in [-0.15, -0.1) is 11.3 Å². The molecule has 0 aliphatic heterocycles. The van der Waals surface area contributed by atoms with Gasteiger partial charge in [-0.1, -0.05) is 11.6 Å². The Balaban J connectivity index is 2.30. The highest BCUT2D eigenvalue weighted by atomic mass is 35.5. The van der Waals surface area contributed by atoms with E-state index in [0.29, 0.717) is 0 Å². The van der Waals surface area contributed by atoms with Gasteiger partial charge in [0.05, 0.1) is 18.6 Å². The van der Waals surface area contributed by atoms with Gasteiger partial charge in [-0.25, -0.2) is 0 Å². The summed E-state index contributed by atoms with van der Waals surface area (Å²) in [4.78, 5) is 1.24. The number of likely N-dealkylation sites (N-methyl/N-ethyl adjacent to an activating group) is 1. The normalized spacial score (nSPS) is 12.2. The molecule has 0 aliphatic carbocycles. The van der Waals surface area contributed by atoms with Crippen molar-refractivity contribution in [1.29, 1.82) is 0 Å². The number of hydrogen-bond donors (Lipinski definition) is 1. The summed E-state index contributed by atoms with van der Waals surface area (Å²) >= 11 is 7.60. The second-order valence-electron chi connectivity index (χ2n) is 4.36. The minimum Gasteiger partial charge on any atom is -0.497 e. The van der Waals surface area contributed by atoms with E-state index in [9.17, 15) is 0 Å². The highest BCUT2D eigenvalue weighted by Gasteiger charge is 2.17.